The Balaban J connectivity index is 0.00000156. The van der Waals surface area contributed by atoms with Crippen LogP contribution in [0.4, 0.5) is 5.69 Å². The molecule has 0 radical (unpaired) electrons. The first-order valence-electron chi connectivity index (χ1n) is 8.28. The molecule has 0 aliphatic carbocycles. The normalized spacial score (nSPS) is 19.0. The molecule has 0 aromatic heterocycles. The topological polar surface area (TPSA) is 58.8 Å². The molecule has 0 bridgehead atoms. The molecule has 0 atom stereocenters. The number of hydrogen-bond donors (Lipinski definition) is 1. The van der Waals surface area contributed by atoms with E-state index in [0.29, 0.717) is 17.2 Å². The van der Waals surface area contributed by atoms with Gasteiger partial charge in [0.05, 0.1) is 18.8 Å². The molecule has 2 saturated heterocycles. The van der Waals surface area contributed by atoms with Gasteiger partial charge in [-0.15, -0.1) is 24.8 Å². The van der Waals surface area contributed by atoms with E-state index in [9.17, 15) is 4.79 Å². The third-order valence-electron chi connectivity index (χ3n) is 4.77. The van der Waals surface area contributed by atoms with E-state index >= 15 is 0 Å². The number of halogens is 3. The van der Waals surface area contributed by atoms with Crippen molar-refractivity contribution in [3.05, 3.63) is 28.2 Å². The highest BCUT2D eigenvalue weighted by Crippen LogP contribution is 2.24. The zero-order valence-electron chi connectivity index (χ0n) is 14.2. The molecule has 0 saturated carbocycles. The third-order valence-corrected chi connectivity index (χ3v) is 5.26. The highest BCUT2D eigenvalue weighted by atomic mass is 79.9. The van der Waals surface area contributed by atoms with Gasteiger partial charge >= 0.3 is 0 Å². The van der Waals surface area contributed by atoms with Gasteiger partial charge in [-0.05, 0) is 37.0 Å². The summed E-state index contributed by atoms with van der Waals surface area (Å²) in [5, 5.41) is 0. The Labute approximate surface area is 170 Å². The molecule has 5 nitrogen and oxygen atoms in total. The Morgan fingerprint density at radius 3 is 2.40 bits per heavy atom. The SMILES string of the molecule is Cl.Cl.Nc1cc(Br)ccc1C(=O)N1CCC(CN2CCOCC2)CC1. The highest BCUT2D eigenvalue weighted by Gasteiger charge is 2.26. The molecular formula is C17H26BrCl2N3O2. The molecule has 1 aromatic rings. The number of amides is 1. The van der Waals surface area contributed by atoms with Crippen LogP contribution in [-0.4, -0.2) is 61.6 Å². The van der Waals surface area contributed by atoms with E-state index in [1.165, 1.54) is 0 Å². The second-order valence-electron chi connectivity index (χ2n) is 6.38. The lowest BCUT2D eigenvalue weighted by Gasteiger charge is -2.36. The van der Waals surface area contributed by atoms with E-state index in [4.69, 9.17) is 10.5 Å². The summed E-state index contributed by atoms with van der Waals surface area (Å²) in [6, 6.07) is 5.47. The number of anilines is 1. The number of piperidine rings is 1. The van der Waals surface area contributed by atoms with Crippen LogP contribution in [0.3, 0.4) is 0 Å². The van der Waals surface area contributed by atoms with E-state index in [2.05, 4.69) is 20.8 Å². The van der Waals surface area contributed by atoms with Gasteiger partial charge in [0.25, 0.3) is 5.91 Å². The van der Waals surface area contributed by atoms with Crippen LogP contribution < -0.4 is 5.73 Å². The summed E-state index contributed by atoms with van der Waals surface area (Å²) >= 11 is 3.38. The molecule has 3 rings (SSSR count). The van der Waals surface area contributed by atoms with Crippen LogP contribution in [0.2, 0.25) is 0 Å². The Morgan fingerprint density at radius 2 is 1.80 bits per heavy atom. The second-order valence-corrected chi connectivity index (χ2v) is 7.30. The van der Waals surface area contributed by atoms with Crippen LogP contribution in [0.5, 0.6) is 0 Å². The molecule has 2 aliphatic heterocycles. The van der Waals surface area contributed by atoms with Crippen LogP contribution >= 0.6 is 40.7 Å². The van der Waals surface area contributed by atoms with E-state index < -0.39 is 0 Å². The number of nitrogens with two attached hydrogens (primary N) is 1. The molecule has 2 heterocycles. The van der Waals surface area contributed by atoms with Crippen molar-refractivity contribution in [1.82, 2.24) is 9.80 Å². The van der Waals surface area contributed by atoms with Gasteiger partial charge in [-0.3, -0.25) is 9.69 Å². The molecule has 0 spiro atoms. The summed E-state index contributed by atoms with van der Waals surface area (Å²) in [7, 11) is 0. The number of rotatable bonds is 3. The number of benzene rings is 1. The predicted octanol–water partition coefficient (Wildman–Crippen LogP) is 3.06. The highest BCUT2D eigenvalue weighted by molar-refractivity contribution is 9.10. The predicted molar refractivity (Wildman–Crippen MR) is 109 cm³/mol. The molecule has 1 amide bonds. The fraction of sp³-hybridized carbons (Fsp3) is 0.588. The monoisotopic (exact) mass is 453 g/mol. The maximum atomic E-state index is 12.6. The summed E-state index contributed by atoms with van der Waals surface area (Å²) in [6.45, 7) is 6.54. The van der Waals surface area contributed by atoms with Gasteiger partial charge in [0, 0.05) is 42.9 Å². The summed E-state index contributed by atoms with van der Waals surface area (Å²) < 4.78 is 6.30. The van der Waals surface area contributed by atoms with Gasteiger partial charge in [0.15, 0.2) is 0 Å². The number of nitrogens with zero attached hydrogens (tertiary/aromatic N) is 2. The van der Waals surface area contributed by atoms with Crippen molar-refractivity contribution in [3.8, 4) is 0 Å². The number of carbonyl (C=O) groups is 1. The maximum absolute atomic E-state index is 12.6. The lowest BCUT2D eigenvalue weighted by Crippen LogP contribution is -2.44. The molecule has 8 heteroatoms. The van der Waals surface area contributed by atoms with Crippen LogP contribution in [0, 0.1) is 5.92 Å². The van der Waals surface area contributed by atoms with Crippen molar-refractivity contribution < 1.29 is 9.53 Å². The first-order valence-corrected chi connectivity index (χ1v) is 9.07. The Hall–Kier alpha value is -0.530. The number of carbonyl (C=O) groups excluding carboxylic acids is 1. The average Bonchev–Trinajstić information content (AvgIpc) is 2.56. The van der Waals surface area contributed by atoms with Crippen LogP contribution in [0.15, 0.2) is 22.7 Å². The lowest BCUT2D eigenvalue weighted by atomic mass is 9.95. The largest absolute Gasteiger partial charge is 0.398 e. The smallest absolute Gasteiger partial charge is 0.255 e. The number of nitrogen functional groups attached to an aromatic ring is 1. The van der Waals surface area contributed by atoms with Crippen molar-refractivity contribution in [2.24, 2.45) is 5.92 Å². The molecule has 2 fully saturated rings. The molecule has 1 aromatic carbocycles. The first-order chi connectivity index (χ1) is 11.1. The zero-order chi connectivity index (χ0) is 16.2. The van der Waals surface area contributed by atoms with Gasteiger partial charge in [-0.2, -0.15) is 0 Å². The first kappa shape index (κ1) is 22.5. The molecule has 2 aliphatic rings. The summed E-state index contributed by atoms with van der Waals surface area (Å²) in [5.41, 5.74) is 7.14. The molecule has 2 N–H and O–H groups in total. The van der Waals surface area contributed by atoms with Crippen molar-refractivity contribution >= 4 is 52.3 Å². The quantitative estimate of drug-likeness (QED) is 0.713. The molecule has 142 valence electrons. The van der Waals surface area contributed by atoms with E-state index in [1.807, 2.05) is 17.0 Å². The fourth-order valence-corrected chi connectivity index (χ4v) is 3.74. The van der Waals surface area contributed by atoms with Gasteiger partial charge in [-0.25, -0.2) is 0 Å². The van der Waals surface area contributed by atoms with Crippen molar-refractivity contribution in [2.75, 3.05) is 51.7 Å². The standard InChI is InChI=1S/C17H24BrN3O2.2ClH/c18-14-1-2-15(16(19)11-14)17(22)21-5-3-13(4-6-21)12-20-7-9-23-10-8-20;;/h1-2,11,13H,3-10,12,19H2;2*1H. The Morgan fingerprint density at radius 1 is 1.16 bits per heavy atom. The van der Waals surface area contributed by atoms with Crippen LogP contribution in [-0.2, 0) is 4.74 Å². The minimum atomic E-state index is 0. The Bertz CT molecular complexity index is 563. The molecule has 0 unspecified atom stereocenters. The van der Waals surface area contributed by atoms with Crippen molar-refractivity contribution in [3.63, 3.8) is 0 Å². The second kappa shape index (κ2) is 10.6. The molecular weight excluding hydrogens is 429 g/mol. The fourth-order valence-electron chi connectivity index (χ4n) is 3.37. The maximum Gasteiger partial charge on any atom is 0.255 e. The van der Waals surface area contributed by atoms with Crippen molar-refractivity contribution in [2.45, 2.75) is 12.8 Å². The summed E-state index contributed by atoms with van der Waals surface area (Å²) in [6.07, 6.45) is 2.14. The van der Waals surface area contributed by atoms with E-state index in [1.54, 1.807) is 6.07 Å². The van der Waals surface area contributed by atoms with E-state index in [0.717, 1.165) is 63.3 Å². The lowest BCUT2D eigenvalue weighted by molar-refractivity contribution is 0.0243. The number of hydrogen-bond acceptors (Lipinski definition) is 4. The minimum Gasteiger partial charge on any atom is -0.398 e. The van der Waals surface area contributed by atoms with E-state index in [-0.39, 0.29) is 30.7 Å². The van der Waals surface area contributed by atoms with Gasteiger partial charge in [0.1, 0.15) is 0 Å². The summed E-state index contributed by atoms with van der Waals surface area (Å²) in [4.78, 5) is 17.1. The van der Waals surface area contributed by atoms with Gasteiger partial charge < -0.3 is 15.4 Å². The zero-order valence-corrected chi connectivity index (χ0v) is 17.4. The third kappa shape index (κ3) is 6.00. The summed E-state index contributed by atoms with van der Waals surface area (Å²) in [5.74, 6) is 0.735. The number of likely N-dealkylation sites (tertiary alicyclic amines) is 1. The van der Waals surface area contributed by atoms with Crippen LogP contribution in [0.25, 0.3) is 0 Å². The minimum absolute atomic E-state index is 0. The average molecular weight is 455 g/mol. The molecule has 25 heavy (non-hydrogen) atoms. The van der Waals surface area contributed by atoms with Crippen LogP contribution in [0.1, 0.15) is 23.2 Å². The number of ether oxygens (including phenoxy) is 1. The van der Waals surface area contributed by atoms with Crippen molar-refractivity contribution in [1.29, 1.82) is 0 Å². The number of morpholine rings is 1. The van der Waals surface area contributed by atoms with Gasteiger partial charge in [0.2, 0.25) is 0 Å². The Kier molecular flexibility index (Phi) is 9.52. The van der Waals surface area contributed by atoms with Gasteiger partial charge in [-0.1, -0.05) is 15.9 Å².